The van der Waals surface area contributed by atoms with Crippen molar-refractivity contribution in [3.63, 3.8) is 0 Å². The van der Waals surface area contributed by atoms with E-state index in [0.717, 1.165) is 55.4 Å². The molecule has 0 saturated heterocycles. The molecule has 4 rings (SSSR count). The van der Waals surface area contributed by atoms with Gasteiger partial charge in [-0.05, 0) is 104 Å². The van der Waals surface area contributed by atoms with Gasteiger partial charge in [0.1, 0.15) is 17.3 Å². The molecule has 2 aliphatic rings. The maximum Gasteiger partial charge on any atom is 0.200 e. The Labute approximate surface area is 197 Å². The monoisotopic (exact) mass is 474 g/mol. The van der Waals surface area contributed by atoms with Crippen molar-refractivity contribution < 1.29 is 23.3 Å². The zero-order chi connectivity index (χ0) is 23.6. The molecule has 2 saturated carbocycles. The fourth-order valence-corrected chi connectivity index (χ4v) is 6.34. The van der Waals surface area contributed by atoms with E-state index in [9.17, 15) is 13.8 Å². The van der Waals surface area contributed by atoms with E-state index >= 15 is 0 Å². The molecule has 180 valence electrons. The molecule has 0 amide bonds. The lowest BCUT2D eigenvalue weighted by atomic mass is 9.79. The van der Waals surface area contributed by atoms with E-state index in [4.69, 9.17) is 9.47 Å². The molecule has 1 unspecified atom stereocenters. The summed E-state index contributed by atoms with van der Waals surface area (Å²) < 4.78 is 38.1. The number of rotatable bonds is 9. The van der Waals surface area contributed by atoms with Crippen LogP contribution in [-0.4, -0.2) is 30.9 Å². The van der Waals surface area contributed by atoms with Crippen molar-refractivity contribution in [2.45, 2.75) is 62.9 Å². The molecule has 33 heavy (non-hydrogen) atoms. The van der Waals surface area contributed by atoms with E-state index in [-0.39, 0.29) is 23.3 Å². The average Bonchev–Trinajstić information content (AvgIpc) is 3.63. The summed E-state index contributed by atoms with van der Waals surface area (Å²) in [4.78, 5) is 10.2. The van der Waals surface area contributed by atoms with Crippen LogP contribution in [0.2, 0.25) is 0 Å². The number of ether oxygens (including phenoxy) is 2. The van der Waals surface area contributed by atoms with Crippen molar-refractivity contribution in [3.8, 4) is 11.5 Å². The van der Waals surface area contributed by atoms with Crippen LogP contribution in [0, 0.1) is 17.7 Å². The van der Waals surface area contributed by atoms with Gasteiger partial charge in [0.2, 0.25) is 7.37 Å². The predicted octanol–water partition coefficient (Wildman–Crippen LogP) is 6.97. The third-order valence-electron chi connectivity index (χ3n) is 7.62. The highest BCUT2D eigenvalue weighted by Crippen LogP contribution is 2.56. The summed E-state index contributed by atoms with van der Waals surface area (Å²) in [6.45, 7) is 4.02. The van der Waals surface area contributed by atoms with Gasteiger partial charge < -0.3 is 14.4 Å². The molecule has 1 N–H and O–H groups in total. The van der Waals surface area contributed by atoms with Crippen LogP contribution in [0.25, 0.3) is 0 Å². The smallest absolute Gasteiger partial charge is 0.200 e. The third-order valence-corrected chi connectivity index (χ3v) is 9.46. The van der Waals surface area contributed by atoms with Crippen LogP contribution in [0.3, 0.4) is 0 Å². The Morgan fingerprint density at radius 2 is 1.79 bits per heavy atom. The number of hydrogen-bond donors (Lipinski definition) is 1. The number of halogens is 1. The second-order valence-electron chi connectivity index (χ2n) is 10.0. The Kier molecular flexibility index (Phi) is 7.50. The quantitative estimate of drug-likeness (QED) is 0.399. The maximum absolute atomic E-state index is 14.3. The lowest BCUT2D eigenvalue weighted by Gasteiger charge is -2.29. The first-order chi connectivity index (χ1) is 15.8. The van der Waals surface area contributed by atoms with Crippen molar-refractivity contribution in [2.75, 3.05) is 20.4 Å². The van der Waals surface area contributed by atoms with Crippen LogP contribution >= 0.6 is 7.37 Å². The molecule has 0 spiro atoms. The fourth-order valence-electron chi connectivity index (χ4n) is 5.33. The van der Waals surface area contributed by atoms with Crippen LogP contribution in [0.1, 0.15) is 68.4 Å². The zero-order valence-corrected chi connectivity index (χ0v) is 20.8. The first kappa shape index (κ1) is 24.3. The minimum Gasteiger partial charge on any atom is -0.497 e. The molecule has 0 aromatic heterocycles. The Hall–Kier alpha value is -1.84. The fraction of sp³-hybridized carbons (Fsp3) is 0.556. The summed E-state index contributed by atoms with van der Waals surface area (Å²) in [6, 6.07) is 13.1. The van der Waals surface area contributed by atoms with Gasteiger partial charge in [0, 0.05) is 12.3 Å². The zero-order valence-electron chi connectivity index (χ0n) is 19.9. The minimum absolute atomic E-state index is 0.0996. The molecule has 0 heterocycles. The van der Waals surface area contributed by atoms with Crippen molar-refractivity contribution in [3.05, 3.63) is 59.4 Å². The highest BCUT2D eigenvalue weighted by molar-refractivity contribution is 7.57. The molecule has 6 heteroatoms. The van der Waals surface area contributed by atoms with Gasteiger partial charge in [-0.3, -0.25) is 4.57 Å². The van der Waals surface area contributed by atoms with E-state index in [1.54, 1.807) is 13.2 Å². The van der Waals surface area contributed by atoms with Crippen LogP contribution < -0.4 is 9.47 Å². The molecular formula is C27H36FO4P. The second kappa shape index (κ2) is 10.2. The lowest BCUT2D eigenvalue weighted by Crippen LogP contribution is -2.20. The standard InChI is InChI=1S/C27H36FO4P/c1-18(33(3,29)30)27(21-11-12-21)22-5-4-6-24(15-22)32-17-19-7-9-20(10-8-19)25-16-23(31-2)13-14-26(25)28/h4-6,13-16,18-21,27H,7-12,17H2,1-3H3,(H,29,30)/t18-,19-,20-,27-/m0/s1. The normalized spacial score (nSPS) is 24.5. The van der Waals surface area contributed by atoms with E-state index in [1.807, 2.05) is 25.1 Å². The van der Waals surface area contributed by atoms with Crippen LogP contribution in [0.4, 0.5) is 4.39 Å². The van der Waals surface area contributed by atoms with Crippen molar-refractivity contribution in [1.29, 1.82) is 0 Å². The Morgan fingerprint density at radius 1 is 1.06 bits per heavy atom. The highest BCUT2D eigenvalue weighted by Gasteiger charge is 2.41. The van der Waals surface area contributed by atoms with Gasteiger partial charge in [-0.15, -0.1) is 0 Å². The first-order valence-electron chi connectivity index (χ1n) is 12.1. The topological polar surface area (TPSA) is 55.8 Å². The highest BCUT2D eigenvalue weighted by atomic mass is 31.2. The predicted molar refractivity (Wildman–Crippen MR) is 130 cm³/mol. The molecule has 0 aliphatic heterocycles. The summed E-state index contributed by atoms with van der Waals surface area (Å²) in [5, 5.41) is 0. The van der Waals surface area contributed by atoms with Crippen LogP contribution in [0.15, 0.2) is 42.5 Å². The summed E-state index contributed by atoms with van der Waals surface area (Å²) in [5.41, 5.74) is 1.61. The van der Waals surface area contributed by atoms with Crippen LogP contribution in [-0.2, 0) is 4.57 Å². The molecule has 2 aliphatic carbocycles. The molecule has 3 atom stereocenters. The SMILES string of the molecule is COc1ccc(F)c([C@H]2CC[C@H](COc3cccc([C@H](C4CC4)[C@H](C)P(C)(=O)O)c3)CC2)c1. The summed E-state index contributed by atoms with van der Waals surface area (Å²) in [6.07, 6.45) is 6.15. The Morgan fingerprint density at radius 3 is 2.42 bits per heavy atom. The Bertz CT molecular complexity index is 991. The van der Waals surface area contributed by atoms with Gasteiger partial charge in [0.15, 0.2) is 0 Å². The van der Waals surface area contributed by atoms with Gasteiger partial charge in [0.25, 0.3) is 0 Å². The first-order valence-corrected chi connectivity index (χ1v) is 14.3. The largest absolute Gasteiger partial charge is 0.497 e. The number of hydrogen-bond acceptors (Lipinski definition) is 3. The van der Waals surface area contributed by atoms with Crippen molar-refractivity contribution in [2.24, 2.45) is 11.8 Å². The van der Waals surface area contributed by atoms with E-state index < -0.39 is 7.37 Å². The third kappa shape index (κ3) is 6.00. The van der Waals surface area contributed by atoms with Crippen molar-refractivity contribution >= 4 is 7.37 Å². The summed E-state index contributed by atoms with van der Waals surface area (Å²) >= 11 is 0. The summed E-state index contributed by atoms with van der Waals surface area (Å²) in [5.74, 6) is 2.65. The second-order valence-corrected chi connectivity index (χ2v) is 12.7. The van der Waals surface area contributed by atoms with Gasteiger partial charge in [0.05, 0.1) is 13.7 Å². The molecule has 2 aromatic rings. The molecular weight excluding hydrogens is 438 g/mol. The molecule has 0 radical (unpaired) electrons. The Balaban J connectivity index is 1.35. The molecule has 2 fully saturated rings. The maximum atomic E-state index is 14.3. The molecule has 2 aromatic carbocycles. The summed E-state index contributed by atoms with van der Waals surface area (Å²) in [7, 11) is -1.55. The molecule has 0 bridgehead atoms. The minimum atomic E-state index is -3.16. The van der Waals surface area contributed by atoms with E-state index in [2.05, 4.69) is 12.1 Å². The lowest BCUT2D eigenvalue weighted by molar-refractivity contribution is 0.199. The van der Waals surface area contributed by atoms with E-state index in [1.165, 1.54) is 12.7 Å². The van der Waals surface area contributed by atoms with Crippen molar-refractivity contribution in [1.82, 2.24) is 0 Å². The number of methoxy groups -OCH3 is 1. The van der Waals surface area contributed by atoms with Gasteiger partial charge in [-0.1, -0.05) is 19.1 Å². The van der Waals surface area contributed by atoms with Gasteiger partial charge >= 0.3 is 0 Å². The average molecular weight is 475 g/mol. The van der Waals surface area contributed by atoms with Crippen LogP contribution in [0.5, 0.6) is 11.5 Å². The molecule has 4 nitrogen and oxygen atoms in total. The number of benzene rings is 2. The van der Waals surface area contributed by atoms with Gasteiger partial charge in [-0.25, -0.2) is 4.39 Å². The van der Waals surface area contributed by atoms with Gasteiger partial charge in [-0.2, -0.15) is 0 Å². The van der Waals surface area contributed by atoms with E-state index in [0.29, 0.717) is 24.2 Å².